The maximum absolute atomic E-state index is 10.2. The molecular weight excluding hydrogens is 182 g/mol. The molecular formula is C10H19NO3. The highest BCUT2D eigenvalue weighted by Crippen LogP contribution is 2.18. The predicted octanol–water partition coefficient (Wildman–Crippen LogP) is 3.09. The molecule has 0 aliphatic heterocycles. The smallest absolute Gasteiger partial charge is 0.294 e. The van der Waals surface area contributed by atoms with Crippen LogP contribution in [0.15, 0.2) is 0 Å². The molecule has 0 saturated heterocycles. The van der Waals surface area contributed by atoms with Crippen molar-refractivity contribution < 1.29 is 9.92 Å². The largest absolute Gasteiger partial charge is 0.311 e. The second-order valence-electron chi connectivity index (χ2n) is 4.00. The first-order valence-corrected chi connectivity index (χ1v) is 5.60. The van der Waals surface area contributed by atoms with Crippen LogP contribution in [0.25, 0.3) is 0 Å². The van der Waals surface area contributed by atoms with Gasteiger partial charge in [-0.3, -0.25) is 0 Å². The molecule has 0 radical (unpaired) electrons. The minimum absolute atomic E-state index is 0.150. The Morgan fingerprint density at radius 1 is 0.929 bits per heavy atom. The van der Waals surface area contributed by atoms with Crippen LogP contribution >= 0.6 is 0 Å². The summed E-state index contributed by atoms with van der Waals surface area (Å²) in [6.07, 6.45) is 9.92. The van der Waals surface area contributed by atoms with Crippen molar-refractivity contribution in [3.63, 3.8) is 0 Å². The van der Waals surface area contributed by atoms with E-state index in [-0.39, 0.29) is 6.10 Å². The van der Waals surface area contributed by atoms with E-state index in [0.717, 1.165) is 25.7 Å². The number of hydrogen-bond acceptors (Lipinski definition) is 3. The lowest BCUT2D eigenvalue weighted by Gasteiger charge is -2.16. The molecule has 1 aliphatic rings. The van der Waals surface area contributed by atoms with E-state index in [1.165, 1.54) is 32.1 Å². The summed E-state index contributed by atoms with van der Waals surface area (Å²) in [5.74, 6) is 0. The summed E-state index contributed by atoms with van der Waals surface area (Å²) >= 11 is 0. The molecule has 0 aromatic carbocycles. The molecule has 0 aromatic rings. The summed E-state index contributed by atoms with van der Waals surface area (Å²) in [5, 5.41) is 9.56. The Morgan fingerprint density at radius 3 is 1.79 bits per heavy atom. The zero-order chi connectivity index (χ0) is 10.2. The number of rotatable bonds is 2. The molecule has 14 heavy (non-hydrogen) atoms. The predicted molar refractivity (Wildman–Crippen MR) is 53.4 cm³/mol. The molecule has 0 N–H and O–H groups in total. The fraction of sp³-hybridized carbons (Fsp3) is 1.00. The van der Waals surface area contributed by atoms with Crippen LogP contribution in [0.5, 0.6) is 0 Å². The van der Waals surface area contributed by atoms with Gasteiger partial charge in [-0.2, -0.15) is 0 Å². The third-order valence-corrected chi connectivity index (χ3v) is 2.79. The monoisotopic (exact) mass is 201 g/mol. The summed E-state index contributed by atoms with van der Waals surface area (Å²) < 4.78 is 0. The lowest BCUT2D eigenvalue weighted by atomic mass is 9.99. The van der Waals surface area contributed by atoms with E-state index in [1.807, 2.05) is 0 Å². The Bertz CT molecular complexity index is 163. The third kappa shape index (κ3) is 5.04. The van der Waals surface area contributed by atoms with Crippen molar-refractivity contribution in [2.45, 2.75) is 63.9 Å². The first kappa shape index (κ1) is 11.3. The molecule has 1 aliphatic carbocycles. The van der Waals surface area contributed by atoms with Crippen LogP contribution in [0.2, 0.25) is 0 Å². The van der Waals surface area contributed by atoms with Gasteiger partial charge in [0, 0.05) is 0 Å². The van der Waals surface area contributed by atoms with E-state index in [4.69, 9.17) is 0 Å². The number of hydrogen-bond donors (Lipinski definition) is 0. The molecule has 1 fully saturated rings. The highest BCUT2D eigenvalue weighted by molar-refractivity contribution is 4.60. The maximum Gasteiger partial charge on any atom is 0.294 e. The van der Waals surface area contributed by atoms with E-state index >= 15 is 0 Å². The van der Waals surface area contributed by atoms with Gasteiger partial charge in [0.2, 0.25) is 0 Å². The summed E-state index contributed by atoms with van der Waals surface area (Å²) in [4.78, 5) is 14.8. The van der Waals surface area contributed by atoms with Crippen LogP contribution in [-0.4, -0.2) is 11.2 Å². The third-order valence-electron chi connectivity index (χ3n) is 2.79. The molecule has 0 heterocycles. The molecule has 0 bridgehead atoms. The van der Waals surface area contributed by atoms with Crippen molar-refractivity contribution >= 4 is 0 Å². The minimum atomic E-state index is -0.642. The normalized spacial score (nSPS) is 21.4. The Kier molecular flexibility index (Phi) is 5.33. The summed E-state index contributed by atoms with van der Waals surface area (Å²) in [5.41, 5.74) is 0. The lowest BCUT2D eigenvalue weighted by molar-refractivity contribution is -0.769. The highest BCUT2D eigenvalue weighted by atomic mass is 17.0. The fourth-order valence-electron chi connectivity index (χ4n) is 2.00. The van der Waals surface area contributed by atoms with E-state index in [0.29, 0.717) is 0 Å². The Morgan fingerprint density at radius 2 is 1.36 bits per heavy atom. The van der Waals surface area contributed by atoms with Crippen LogP contribution in [0.1, 0.15) is 57.8 Å². The highest BCUT2D eigenvalue weighted by Gasteiger charge is 2.13. The molecule has 82 valence electrons. The van der Waals surface area contributed by atoms with E-state index in [9.17, 15) is 10.1 Å². The molecule has 1 saturated carbocycles. The Hall–Kier alpha value is -0.800. The van der Waals surface area contributed by atoms with Crippen molar-refractivity contribution in [3.8, 4) is 0 Å². The van der Waals surface area contributed by atoms with Gasteiger partial charge in [-0.05, 0) is 12.8 Å². The average Bonchev–Trinajstić information content (AvgIpc) is 2.15. The van der Waals surface area contributed by atoms with Gasteiger partial charge in [0.15, 0.2) is 0 Å². The van der Waals surface area contributed by atoms with Crippen LogP contribution in [0, 0.1) is 10.1 Å². The van der Waals surface area contributed by atoms with Crippen LogP contribution in [0.3, 0.4) is 0 Å². The van der Waals surface area contributed by atoms with Gasteiger partial charge in [-0.25, -0.2) is 0 Å². The van der Waals surface area contributed by atoms with Crippen LogP contribution in [-0.2, 0) is 4.84 Å². The van der Waals surface area contributed by atoms with Gasteiger partial charge < -0.3 is 4.84 Å². The second-order valence-corrected chi connectivity index (χ2v) is 4.00. The van der Waals surface area contributed by atoms with E-state index in [1.54, 1.807) is 0 Å². The fourth-order valence-corrected chi connectivity index (χ4v) is 2.00. The van der Waals surface area contributed by atoms with Crippen molar-refractivity contribution in [2.24, 2.45) is 0 Å². The average molecular weight is 201 g/mol. The summed E-state index contributed by atoms with van der Waals surface area (Å²) in [6.45, 7) is 0. The minimum Gasteiger partial charge on any atom is -0.311 e. The first-order valence-electron chi connectivity index (χ1n) is 5.60. The van der Waals surface area contributed by atoms with Gasteiger partial charge in [0.1, 0.15) is 6.10 Å². The zero-order valence-electron chi connectivity index (χ0n) is 8.61. The Labute approximate surface area is 84.7 Å². The number of nitrogens with zero attached hydrogens (tertiary/aromatic N) is 1. The summed E-state index contributed by atoms with van der Waals surface area (Å²) in [6, 6.07) is 0. The first-order chi connectivity index (χ1) is 6.79. The standard InChI is InChI=1S/C10H19NO3/c12-11(13)14-10-8-6-4-2-1-3-5-7-9-10/h10H,1-9H2. The topological polar surface area (TPSA) is 52.4 Å². The van der Waals surface area contributed by atoms with Gasteiger partial charge in [0.05, 0.1) is 0 Å². The van der Waals surface area contributed by atoms with Gasteiger partial charge in [-0.15, -0.1) is 10.1 Å². The Balaban J connectivity index is 2.26. The quantitative estimate of drug-likeness (QED) is 0.509. The van der Waals surface area contributed by atoms with Crippen LogP contribution in [0.4, 0.5) is 0 Å². The van der Waals surface area contributed by atoms with Gasteiger partial charge in [-0.1, -0.05) is 44.9 Å². The van der Waals surface area contributed by atoms with Gasteiger partial charge in [0.25, 0.3) is 5.09 Å². The van der Waals surface area contributed by atoms with E-state index < -0.39 is 5.09 Å². The van der Waals surface area contributed by atoms with Crippen LogP contribution < -0.4 is 0 Å². The maximum atomic E-state index is 10.2. The van der Waals surface area contributed by atoms with Crippen molar-refractivity contribution in [1.82, 2.24) is 0 Å². The van der Waals surface area contributed by atoms with Crippen molar-refractivity contribution in [3.05, 3.63) is 10.1 Å². The molecule has 1 rings (SSSR count). The molecule has 0 amide bonds. The van der Waals surface area contributed by atoms with Crippen molar-refractivity contribution in [1.29, 1.82) is 0 Å². The summed E-state index contributed by atoms with van der Waals surface area (Å²) in [7, 11) is 0. The van der Waals surface area contributed by atoms with Gasteiger partial charge >= 0.3 is 0 Å². The lowest BCUT2D eigenvalue weighted by Crippen LogP contribution is -2.17. The molecule has 4 nitrogen and oxygen atoms in total. The van der Waals surface area contributed by atoms with Crippen molar-refractivity contribution in [2.75, 3.05) is 0 Å². The molecule has 4 heteroatoms. The molecule has 0 atom stereocenters. The molecule has 0 spiro atoms. The molecule has 0 unspecified atom stereocenters. The SMILES string of the molecule is O=[N+]([O-])OC1CCCCCCCCC1. The van der Waals surface area contributed by atoms with E-state index in [2.05, 4.69) is 4.84 Å². The second kappa shape index (κ2) is 6.62. The molecule has 0 aromatic heterocycles. The zero-order valence-corrected chi connectivity index (χ0v) is 8.61.